The average Bonchev–Trinajstić information content (AvgIpc) is 2.95. The standard InChI is InChI=1S/C17H22N4O4S/c1-10(2)11-8-21(9-14(11)20-26(3,24)25)17(23)15-16(22)19-13-7-5-4-6-12(13)18-15/h4-7,10-11,14,20H,8-9H2,1-3H3,(H,19,22)/t11-,14+/m0/s1. The highest BCUT2D eigenvalue weighted by Gasteiger charge is 2.39. The van der Waals surface area contributed by atoms with E-state index in [1.54, 1.807) is 24.3 Å². The number of likely N-dealkylation sites (tertiary alicyclic amines) is 1. The maximum absolute atomic E-state index is 12.9. The number of aromatic amines is 1. The quantitative estimate of drug-likeness (QED) is 0.808. The minimum atomic E-state index is -3.40. The van der Waals surface area contributed by atoms with Crippen molar-refractivity contribution in [3.63, 3.8) is 0 Å². The van der Waals surface area contributed by atoms with E-state index in [1.165, 1.54) is 4.90 Å². The largest absolute Gasteiger partial charge is 0.335 e. The highest BCUT2D eigenvalue weighted by molar-refractivity contribution is 7.88. The summed E-state index contributed by atoms with van der Waals surface area (Å²) in [5.74, 6) is -0.344. The number of aromatic nitrogens is 2. The van der Waals surface area contributed by atoms with Gasteiger partial charge < -0.3 is 9.88 Å². The molecule has 1 aromatic heterocycles. The molecule has 8 nitrogen and oxygen atoms in total. The number of carbonyl (C=O) groups is 1. The van der Waals surface area contributed by atoms with Gasteiger partial charge in [-0.25, -0.2) is 18.1 Å². The van der Waals surface area contributed by atoms with Crippen molar-refractivity contribution >= 4 is 27.0 Å². The molecule has 1 saturated heterocycles. The van der Waals surface area contributed by atoms with Gasteiger partial charge in [0.25, 0.3) is 11.5 Å². The van der Waals surface area contributed by atoms with Crippen molar-refractivity contribution < 1.29 is 13.2 Å². The van der Waals surface area contributed by atoms with Crippen LogP contribution >= 0.6 is 0 Å². The molecular formula is C17H22N4O4S. The van der Waals surface area contributed by atoms with Crippen LogP contribution in [0, 0.1) is 11.8 Å². The Morgan fingerprint density at radius 1 is 1.31 bits per heavy atom. The molecule has 2 heterocycles. The lowest BCUT2D eigenvalue weighted by molar-refractivity contribution is 0.0775. The summed E-state index contributed by atoms with van der Waals surface area (Å²) in [5.41, 5.74) is 0.369. The van der Waals surface area contributed by atoms with E-state index in [-0.39, 0.29) is 30.1 Å². The maximum atomic E-state index is 12.9. The van der Waals surface area contributed by atoms with Crippen LogP contribution < -0.4 is 10.3 Å². The lowest BCUT2D eigenvalue weighted by Gasteiger charge is -2.21. The van der Waals surface area contributed by atoms with Crippen molar-refractivity contribution in [3.05, 3.63) is 40.3 Å². The normalized spacial score (nSPS) is 20.8. The minimum absolute atomic E-state index is 0.0341. The number of hydrogen-bond donors (Lipinski definition) is 2. The summed E-state index contributed by atoms with van der Waals surface area (Å²) in [6, 6.07) is 6.61. The maximum Gasteiger partial charge on any atom is 0.280 e. The molecule has 2 N–H and O–H groups in total. The molecule has 1 aliphatic rings. The molecule has 140 valence electrons. The van der Waals surface area contributed by atoms with Gasteiger partial charge in [0.1, 0.15) is 0 Å². The van der Waals surface area contributed by atoms with Gasteiger partial charge in [0.05, 0.1) is 17.3 Å². The molecule has 1 amide bonds. The van der Waals surface area contributed by atoms with Gasteiger partial charge >= 0.3 is 0 Å². The van der Waals surface area contributed by atoms with Crippen molar-refractivity contribution in [1.82, 2.24) is 19.6 Å². The van der Waals surface area contributed by atoms with Crippen molar-refractivity contribution in [2.24, 2.45) is 11.8 Å². The Morgan fingerprint density at radius 2 is 2.00 bits per heavy atom. The third-order valence-electron chi connectivity index (χ3n) is 4.68. The number of benzene rings is 1. The van der Waals surface area contributed by atoms with Crippen LogP contribution in [-0.2, 0) is 10.0 Å². The highest BCUT2D eigenvalue weighted by atomic mass is 32.2. The zero-order valence-corrected chi connectivity index (χ0v) is 15.7. The Labute approximate surface area is 151 Å². The van der Waals surface area contributed by atoms with Gasteiger partial charge in [-0.3, -0.25) is 9.59 Å². The van der Waals surface area contributed by atoms with E-state index in [4.69, 9.17) is 0 Å². The number of H-pyrrole nitrogens is 1. The van der Waals surface area contributed by atoms with Gasteiger partial charge in [-0.1, -0.05) is 26.0 Å². The van der Waals surface area contributed by atoms with Gasteiger partial charge in [0, 0.05) is 19.1 Å². The zero-order valence-electron chi connectivity index (χ0n) is 14.9. The molecule has 2 atom stereocenters. The molecule has 0 bridgehead atoms. The molecule has 0 unspecified atom stereocenters. The monoisotopic (exact) mass is 378 g/mol. The van der Waals surface area contributed by atoms with E-state index in [0.717, 1.165) is 6.26 Å². The Morgan fingerprint density at radius 3 is 2.65 bits per heavy atom. The van der Waals surface area contributed by atoms with Crippen LogP contribution in [0.25, 0.3) is 11.0 Å². The minimum Gasteiger partial charge on any atom is -0.335 e. The molecule has 3 rings (SSSR count). The zero-order chi connectivity index (χ0) is 19.1. The third kappa shape index (κ3) is 3.78. The summed E-state index contributed by atoms with van der Waals surface area (Å²) in [7, 11) is -3.40. The Bertz CT molecular complexity index is 999. The summed E-state index contributed by atoms with van der Waals surface area (Å²) in [6.07, 6.45) is 1.10. The molecule has 1 aliphatic heterocycles. The number of carbonyl (C=O) groups excluding carboxylic acids is 1. The molecule has 0 saturated carbocycles. The summed E-state index contributed by atoms with van der Waals surface area (Å²) in [5, 5.41) is 0. The second-order valence-electron chi connectivity index (χ2n) is 7.05. The van der Waals surface area contributed by atoms with Crippen LogP contribution in [0.1, 0.15) is 24.3 Å². The average molecular weight is 378 g/mol. The first-order valence-electron chi connectivity index (χ1n) is 8.41. The molecule has 2 aromatic rings. The summed E-state index contributed by atoms with van der Waals surface area (Å²) >= 11 is 0. The van der Waals surface area contributed by atoms with Crippen molar-refractivity contribution in [2.75, 3.05) is 19.3 Å². The van der Waals surface area contributed by atoms with E-state index in [0.29, 0.717) is 17.6 Å². The SMILES string of the molecule is CC(C)[C@@H]1CN(C(=O)c2nc3ccccc3[nH]c2=O)C[C@H]1NS(C)(=O)=O. The number of sulfonamides is 1. The fraction of sp³-hybridized carbons (Fsp3) is 0.471. The summed E-state index contributed by atoms with van der Waals surface area (Å²) in [6.45, 7) is 4.55. The topological polar surface area (TPSA) is 112 Å². The van der Waals surface area contributed by atoms with Crippen molar-refractivity contribution in [3.8, 4) is 0 Å². The lowest BCUT2D eigenvalue weighted by Crippen LogP contribution is -2.42. The van der Waals surface area contributed by atoms with E-state index in [2.05, 4.69) is 14.7 Å². The molecule has 0 spiro atoms. The van der Waals surface area contributed by atoms with Gasteiger partial charge in [-0.05, 0) is 24.0 Å². The second kappa shape index (κ2) is 6.81. The number of rotatable bonds is 4. The first-order chi connectivity index (χ1) is 12.2. The first kappa shape index (κ1) is 18.5. The number of nitrogens with one attached hydrogen (secondary N) is 2. The van der Waals surface area contributed by atoms with E-state index in [1.807, 2.05) is 13.8 Å². The Balaban J connectivity index is 1.90. The van der Waals surface area contributed by atoms with E-state index >= 15 is 0 Å². The number of amides is 1. The van der Waals surface area contributed by atoms with Crippen LogP contribution in [0.4, 0.5) is 0 Å². The highest BCUT2D eigenvalue weighted by Crippen LogP contribution is 2.25. The van der Waals surface area contributed by atoms with Crippen LogP contribution in [-0.4, -0.2) is 54.6 Å². The van der Waals surface area contributed by atoms with Crippen LogP contribution in [0.15, 0.2) is 29.1 Å². The molecule has 1 aromatic carbocycles. The third-order valence-corrected chi connectivity index (χ3v) is 5.41. The first-order valence-corrected chi connectivity index (χ1v) is 10.3. The molecule has 0 radical (unpaired) electrons. The predicted octanol–water partition coefficient (Wildman–Crippen LogP) is 0.569. The van der Waals surface area contributed by atoms with Gasteiger partial charge in [0.15, 0.2) is 5.69 Å². The van der Waals surface area contributed by atoms with Crippen LogP contribution in [0.3, 0.4) is 0 Å². The molecular weight excluding hydrogens is 356 g/mol. The fourth-order valence-corrected chi connectivity index (χ4v) is 4.19. The number of hydrogen-bond acceptors (Lipinski definition) is 5. The van der Waals surface area contributed by atoms with Crippen LogP contribution in [0.2, 0.25) is 0 Å². The van der Waals surface area contributed by atoms with Gasteiger partial charge in [0.2, 0.25) is 10.0 Å². The number of fused-ring (bicyclic) bond motifs is 1. The van der Waals surface area contributed by atoms with Crippen molar-refractivity contribution in [2.45, 2.75) is 19.9 Å². The molecule has 1 fully saturated rings. The summed E-state index contributed by atoms with van der Waals surface area (Å²) in [4.78, 5) is 33.5. The molecule has 0 aliphatic carbocycles. The van der Waals surface area contributed by atoms with E-state index in [9.17, 15) is 18.0 Å². The number of para-hydroxylation sites is 2. The predicted molar refractivity (Wildman–Crippen MR) is 98.4 cm³/mol. The van der Waals surface area contributed by atoms with Crippen LogP contribution in [0.5, 0.6) is 0 Å². The Kier molecular flexibility index (Phi) is 4.85. The van der Waals surface area contributed by atoms with Crippen molar-refractivity contribution in [1.29, 1.82) is 0 Å². The Hall–Kier alpha value is -2.26. The second-order valence-corrected chi connectivity index (χ2v) is 8.83. The fourth-order valence-electron chi connectivity index (χ4n) is 3.39. The van der Waals surface area contributed by atoms with Gasteiger partial charge in [-0.15, -0.1) is 0 Å². The molecule has 26 heavy (non-hydrogen) atoms. The lowest BCUT2D eigenvalue weighted by atomic mass is 9.92. The number of nitrogens with zero attached hydrogens (tertiary/aromatic N) is 2. The smallest absolute Gasteiger partial charge is 0.280 e. The summed E-state index contributed by atoms with van der Waals surface area (Å²) < 4.78 is 25.8. The van der Waals surface area contributed by atoms with E-state index < -0.39 is 21.5 Å². The van der Waals surface area contributed by atoms with Gasteiger partial charge in [-0.2, -0.15) is 0 Å². The molecule has 9 heteroatoms.